The number of hydrogen-bond acceptors (Lipinski definition) is 5. The zero-order chi connectivity index (χ0) is 16.2. The van der Waals surface area contributed by atoms with Crippen LogP contribution in [0.2, 0.25) is 0 Å². The van der Waals surface area contributed by atoms with Gasteiger partial charge in [0, 0.05) is 51.9 Å². The molecule has 0 aliphatic carbocycles. The predicted molar refractivity (Wildman–Crippen MR) is 94.7 cm³/mol. The van der Waals surface area contributed by atoms with Crippen LogP contribution in [0.1, 0.15) is 5.56 Å². The van der Waals surface area contributed by atoms with Crippen LogP contribution in [0.15, 0.2) is 24.3 Å². The molecule has 1 aromatic rings. The predicted octanol–water partition coefficient (Wildman–Crippen LogP) is 0.748. The Bertz CT molecular complexity index is 556. The number of nitrogens with one attached hydrogen (secondary N) is 1. The van der Waals surface area contributed by atoms with Crippen LogP contribution in [-0.2, 0) is 16.1 Å². The van der Waals surface area contributed by atoms with Crippen molar-refractivity contribution in [1.29, 1.82) is 0 Å². The number of nitrogens with zero attached hydrogens (tertiary/aromatic N) is 2. The third-order valence-corrected chi connectivity index (χ3v) is 4.50. The molecular formula is C17H26ClN3O3. The molecule has 0 spiro atoms. The summed E-state index contributed by atoms with van der Waals surface area (Å²) in [4.78, 5) is 15.7. The molecule has 0 bridgehead atoms. The minimum Gasteiger partial charge on any atom is -0.483 e. The van der Waals surface area contributed by atoms with Crippen LogP contribution in [0.5, 0.6) is 5.75 Å². The molecule has 2 aliphatic heterocycles. The van der Waals surface area contributed by atoms with E-state index in [1.807, 2.05) is 18.2 Å². The zero-order valence-corrected chi connectivity index (χ0v) is 15.1. The quantitative estimate of drug-likeness (QED) is 0.844. The van der Waals surface area contributed by atoms with E-state index in [1.165, 1.54) is 0 Å². The molecule has 2 fully saturated rings. The van der Waals surface area contributed by atoms with Gasteiger partial charge in [-0.1, -0.05) is 18.2 Å². The summed E-state index contributed by atoms with van der Waals surface area (Å²) in [7, 11) is 3.47. The number of hydrogen-bond donors (Lipinski definition) is 1. The Balaban J connectivity index is 0.00000208. The highest BCUT2D eigenvalue weighted by Crippen LogP contribution is 2.24. The maximum atomic E-state index is 11.7. The number of amides is 1. The maximum absolute atomic E-state index is 11.7. The van der Waals surface area contributed by atoms with E-state index in [-0.39, 0.29) is 31.0 Å². The number of fused-ring (bicyclic) bond motifs is 1. The van der Waals surface area contributed by atoms with Gasteiger partial charge in [-0.25, -0.2) is 0 Å². The van der Waals surface area contributed by atoms with Gasteiger partial charge in [-0.15, -0.1) is 12.4 Å². The molecule has 2 heterocycles. The summed E-state index contributed by atoms with van der Waals surface area (Å²) >= 11 is 0. The second-order valence-corrected chi connectivity index (χ2v) is 6.29. The largest absolute Gasteiger partial charge is 0.483 e. The average molecular weight is 356 g/mol. The normalized spacial score (nSPS) is 23.2. The highest BCUT2D eigenvalue weighted by molar-refractivity contribution is 5.85. The molecule has 1 N–H and O–H groups in total. The van der Waals surface area contributed by atoms with E-state index >= 15 is 0 Å². The van der Waals surface area contributed by atoms with Crippen molar-refractivity contribution < 1.29 is 14.3 Å². The monoisotopic (exact) mass is 355 g/mol. The number of halogens is 1. The Morgan fingerprint density at radius 1 is 1.38 bits per heavy atom. The summed E-state index contributed by atoms with van der Waals surface area (Å²) < 4.78 is 11.6. The number of benzene rings is 1. The van der Waals surface area contributed by atoms with Crippen LogP contribution < -0.4 is 10.1 Å². The summed E-state index contributed by atoms with van der Waals surface area (Å²) in [5, 5.41) is 3.40. The van der Waals surface area contributed by atoms with Gasteiger partial charge in [0.1, 0.15) is 5.75 Å². The maximum Gasteiger partial charge on any atom is 0.259 e. The van der Waals surface area contributed by atoms with Gasteiger partial charge in [0.25, 0.3) is 5.91 Å². The Morgan fingerprint density at radius 2 is 2.17 bits per heavy atom. The molecule has 2 atom stereocenters. The van der Waals surface area contributed by atoms with E-state index in [4.69, 9.17) is 9.47 Å². The summed E-state index contributed by atoms with van der Waals surface area (Å²) in [6, 6.07) is 8.38. The third-order valence-electron chi connectivity index (χ3n) is 4.50. The number of rotatable bonds is 5. The molecule has 0 unspecified atom stereocenters. The van der Waals surface area contributed by atoms with Gasteiger partial charge in [-0.2, -0.15) is 0 Å². The van der Waals surface area contributed by atoms with Gasteiger partial charge >= 0.3 is 0 Å². The van der Waals surface area contributed by atoms with E-state index in [2.05, 4.69) is 16.3 Å². The molecule has 6 nitrogen and oxygen atoms in total. The number of para-hydroxylation sites is 1. The molecule has 2 saturated heterocycles. The summed E-state index contributed by atoms with van der Waals surface area (Å²) in [5.41, 5.74) is 1.12. The smallest absolute Gasteiger partial charge is 0.259 e. The number of carbonyl (C=O) groups is 1. The number of morpholine rings is 1. The van der Waals surface area contributed by atoms with Gasteiger partial charge in [0.05, 0.1) is 12.7 Å². The molecular weight excluding hydrogens is 330 g/mol. The summed E-state index contributed by atoms with van der Waals surface area (Å²) in [5.74, 6) is 0.753. The third kappa shape index (κ3) is 4.39. The number of likely N-dealkylation sites (N-methyl/N-ethyl adjacent to an activating group) is 1. The molecule has 24 heavy (non-hydrogen) atoms. The van der Waals surface area contributed by atoms with Crippen LogP contribution in [0, 0.1) is 0 Å². The minimum absolute atomic E-state index is 0. The average Bonchev–Trinajstić information content (AvgIpc) is 3.03. The van der Waals surface area contributed by atoms with E-state index in [1.54, 1.807) is 19.0 Å². The van der Waals surface area contributed by atoms with Crippen molar-refractivity contribution in [2.24, 2.45) is 0 Å². The van der Waals surface area contributed by atoms with Crippen LogP contribution in [0.3, 0.4) is 0 Å². The minimum atomic E-state index is -0.0359. The highest BCUT2D eigenvalue weighted by Gasteiger charge is 2.36. The molecule has 3 rings (SSSR count). The molecule has 1 aromatic carbocycles. The van der Waals surface area contributed by atoms with Gasteiger partial charge in [-0.3, -0.25) is 9.69 Å². The lowest BCUT2D eigenvalue weighted by atomic mass is 10.1. The lowest BCUT2D eigenvalue weighted by molar-refractivity contribution is -0.130. The molecule has 2 aliphatic rings. The SMILES string of the molecule is CN(C)C(=O)COc1ccccc1CN1CCO[C@H]2CNC[C@H]21.Cl. The van der Waals surface area contributed by atoms with Crippen molar-refractivity contribution in [2.45, 2.75) is 18.7 Å². The van der Waals surface area contributed by atoms with Gasteiger partial charge < -0.3 is 19.7 Å². The fraction of sp³-hybridized carbons (Fsp3) is 0.588. The lowest BCUT2D eigenvalue weighted by Gasteiger charge is -2.37. The fourth-order valence-electron chi connectivity index (χ4n) is 3.12. The second kappa shape index (κ2) is 8.67. The Morgan fingerprint density at radius 3 is 2.96 bits per heavy atom. The molecule has 134 valence electrons. The first kappa shape index (κ1) is 19.0. The van der Waals surface area contributed by atoms with E-state index in [0.29, 0.717) is 6.04 Å². The van der Waals surface area contributed by atoms with E-state index < -0.39 is 0 Å². The van der Waals surface area contributed by atoms with Gasteiger partial charge in [0.15, 0.2) is 6.61 Å². The van der Waals surface area contributed by atoms with Crippen molar-refractivity contribution in [3.63, 3.8) is 0 Å². The molecule has 1 amide bonds. The standard InChI is InChI=1S/C17H25N3O3.ClH/c1-19(2)17(21)12-23-15-6-4-3-5-13(15)11-20-7-8-22-16-10-18-9-14(16)20;/h3-6,14,16,18H,7-12H2,1-2H3;1H/t14-,16+;/m1./s1. The van der Waals surface area contributed by atoms with Crippen LogP contribution in [0.4, 0.5) is 0 Å². The lowest BCUT2D eigenvalue weighted by Crippen LogP contribution is -2.50. The summed E-state index contributed by atoms with van der Waals surface area (Å²) in [6.45, 7) is 4.47. The summed E-state index contributed by atoms with van der Waals surface area (Å²) in [6.07, 6.45) is 0.284. The fourth-order valence-corrected chi connectivity index (χ4v) is 3.12. The highest BCUT2D eigenvalue weighted by atomic mass is 35.5. The first-order valence-electron chi connectivity index (χ1n) is 8.12. The zero-order valence-electron chi connectivity index (χ0n) is 14.2. The second-order valence-electron chi connectivity index (χ2n) is 6.29. The number of carbonyl (C=O) groups excluding carboxylic acids is 1. The van der Waals surface area contributed by atoms with Crippen molar-refractivity contribution in [2.75, 3.05) is 46.9 Å². The van der Waals surface area contributed by atoms with Gasteiger partial charge in [0.2, 0.25) is 0 Å². The molecule has 0 saturated carbocycles. The van der Waals surface area contributed by atoms with E-state index in [0.717, 1.165) is 44.1 Å². The van der Waals surface area contributed by atoms with Crippen molar-refractivity contribution in [3.05, 3.63) is 29.8 Å². The van der Waals surface area contributed by atoms with Crippen LogP contribution >= 0.6 is 12.4 Å². The Hall–Kier alpha value is -1.34. The van der Waals surface area contributed by atoms with Crippen LogP contribution in [0.25, 0.3) is 0 Å². The number of ether oxygens (including phenoxy) is 2. The first-order chi connectivity index (χ1) is 11.1. The first-order valence-corrected chi connectivity index (χ1v) is 8.12. The molecule has 0 radical (unpaired) electrons. The van der Waals surface area contributed by atoms with E-state index in [9.17, 15) is 4.79 Å². The van der Waals surface area contributed by atoms with Gasteiger partial charge in [-0.05, 0) is 6.07 Å². The molecule has 7 heteroatoms. The Kier molecular flexibility index (Phi) is 6.86. The van der Waals surface area contributed by atoms with Crippen molar-refractivity contribution >= 4 is 18.3 Å². The van der Waals surface area contributed by atoms with Crippen molar-refractivity contribution in [1.82, 2.24) is 15.1 Å². The van der Waals surface area contributed by atoms with Crippen LogP contribution in [-0.4, -0.2) is 74.8 Å². The topological polar surface area (TPSA) is 54.0 Å². The molecule has 0 aromatic heterocycles. The van der Waals surface area contributed by atoms with Crippen molar-refractivity contribution in [3.8, 4) is 5.75 Å². The Labute approximate surface area is 149 Å².